The van der Waals surface area contributed by atoms with E-state index in [0.717, 1.165) is 31.5 Å². The third kappa shape index (κ3) is 3.41. The van der Waals surface area contributed by atoms with Crippen LogP contribution in [0.2, 0.25) is 0 Å². The van der Waals surface area contributed by atoms with Crippen molar-refractivity contribution in [2.24, 2.45) is 5.73 Å². The largest absolute Gasteiger partial charge is 0.489 e. The van der Waals surface area contributed by atoms with Crippen molar-refractivity contribution in [1.29, 1.82) is 0 Å². The van der Waals surface area contributed by atoms with Gasteiger partial charge in [0.15, 0.2) is 0 Å². The number of alkyl halides is 3. The molecule has 1 fully saturated rings. The average molecular weight is 288 g/mol. The molecule has 20 heavy (non-hydrogen) atoms. The number of carbonyl (C=O) groups excluding carboxylic acids is 1. The van der Waals surface area contributed by atoms with Crippen LogP contribution in [-0.2, 0) is 6.18 Å². The van der Waals surface area contributed by atoms with E-state index < -0.39 is 23.2 Å². The fourth-order valence-corrected chi connectivity index (χ4v) is 2.16. The van der Waals surface area contributed by atoms with Crippen LogP contribution in [0.5, 0.6) is 5.75 Å². The van der Waals surface area contributed by atoms with E-state index in [9.17, 15) is 18.0 Å². The maximum Gasteiger partial charge on any atom is 0.417 e. The lowest BCUT2D eigenvalue weighted by atomic mass is 10.1. The van der Waals surface area contributed by atoms with E-state index >= 15 is 0 Å². The molecule has 7 heteroatoms. The second kappa shape index (κ2) is 5.70. The maximum absolute atomic E-state index is 12.9. The van der Waals surface area contributed by atoms with Crippen LogP contribution in [0, 0.1) is 0 Å². The van der Waals surface area contributed by atoms with Crippen LogP contribution in [0.15, 0.2) is 18.2 Å². The van der Waals surface area contributed by atoms with Crippen molar-refractivity contribution < 1.29 is 22.7 Å². The first-order chi connectivity index (χ1) is 9.38. The molecule has 1 heterocycles. The lowest BCUT2D eigenvalue weighted by Gasteiger charge is -2.24. The van der Waals surface area contributed by atoms with E-state index in [4.69, 9.17) is 10.5 Å². The summed E-state index contributed by atoms with van der Waals surface area (Å²) in [6.45, 7) is 1.48. The van der Waals surface area contributed by atoms with E-state index in [1.165, 1.54) is 6.07 Å². The van der Waals surface area contributed by atoms with Gasteiger partial charge in [-0.15, -0.1) is 0 Å². The molecular formula is C13H15F3N2O2. The Balaban J connectivity index is 2.25. The van der Waals surface area contributed by atoms with Gasteiger partial charge in [0.25, 0.3) is 0 Å². The second-order valence-corrected chi connectivity index (χ2v) is 4.66. The van der Waals surface area contributed by atoms with Crippen LogP contribution >= 0.6 is 0 Å². The quantitative estimate of drug-likeness (QED) is 0.893. The molecule has 4 nitrogen and oxygen atoms in total. The van der Waals surface area contributed by atoms with Crippen molar-refractivity contribution in [3.63, 3.8) is 0 Å². The molecule has 0 spiro atoms. The van der Waals surface area contributed by atoms with Gasteiger partial charge in [-0.3, -0.25) is 4.79 Å². The number of hydrogen-bond donors (Lipinski definition) is 2. The molecule has 1 aliphatic rings. The van der Waals surface area contributed by atoms with Gasteiger partial charge in [-0.2, -0.15) is 13.2 Å². The van der Waals surface area contributed by atoms with Gasteiger partial charge in [0.05, 0.1) is 11.1 Å². The number of rotatable bonds is 3. The van der Waals surface area contributed by atoms with Crippen molar-refractivity contribution in [3.05, 3.63) is 29.3 Å². The highest BCUT2D eigenvalue weighted by Crippen LogP contribution is 2.34. The Morgan fingerprint density at radius 3 is 2.70 bits per heavy atom. The van der Waals surface area contributed by atoms with Gasteiger partial charge in [0.1, 0.15) is 11.9 Å². The highest BCUT2D eigenvalue weighted by atomic mass is 19.4. The number of nitrogens with two attached hydrogens (primary N) is 1. The molecule has 0 saturated carbocycles. The fraction of sp³-hybridized carbons (Fsp3) is 0.462. The summed E-state index contributed by atoms with van der Waals surface area (Å²) in [6, 6.07) is 3.22. The molecular weight excluding hydrogens is 273 g/mol. The first-order valence-corrected chi connectivity index (χ1v) is 6.26. The summed E-state index contributed by atoms with van der Waals surface area (Å²) in [5.74, 6) is -1.01. The van der Waals surface area contributed by atoms with Crippen LogP contribution in [0.1, 0.15) is 28.8 Å². The molecule has 0 radical (unpaired) electrons. The van der Waals surface area contributed by atoms with Gasteiger partial charge in [-0.25, -0.2) is 0 Å². The summed E-state index contributed by atoms with van der Waals surface area (Å²) in [6.07, 6.45) is -3.11. The predicted octanol–water partition coefficient (Wildman–Crippen LogP) is 1.94. The minimum Gasteiger partial charge on any atom is -0.489 e. The number of piperidine rings is 1. The Morgan fingerprint density at radius 2 is 2.15 bits per heavy atom. The zero-order valence-electron chi connectivity index (χ0n) is 10.7. The standard InChI is InChI=1S/C13H15F3N2O2/c14-13(15,16)11-6-8(3-4-10(11)12(17)19)20-9-2-1-5-18-7-9/h3-4,6,9,18H,1-2,5,7H2,(H2,17,19)/t9-/m0/s1. The smallest absolute Gasteiger partial charge is 0.417 e. The van der Waals surface area contributed by atoms with Crippen molar-refractivity contribution in [1.82, 2.24) is 5.32 Å². The van der Waals surface area contributed by atoms with E-state index in [2.05, 4.69) is 5.32 Å². The zero-order valence-corrected chi connectivity index (χ0v) is 10.7. The monoisotopic (exact) mass is 288 g/mol. The molecule has 1 aromatic rings. The molecule has 1 amide bonds. The summed E-state index contributed by atoms with van der Waals surface area (Å²) in [5, 5.41) is 3.11. The number of benzene rings is 1. The third-order valence-corrected chi connectivity index (χ3v) is 3.12. The van der Waals surface area contributed by atoms with Gasteiger partial charge in [0, 0.05) is 6.54 Å². The molecule has 0 bridgehead atoms. The van der Waals surface area contributed by atoms with E-state index in [0.29, 0.717) is 6.54 Å². The van der Waals surface area contributed by atoms with Gasteiger partial charge in [0.2, 0.25) is 5.91 Å². The number of amides is 1. The van der Waals surface area contributed by atoms with Gasteiger partial charge >= 0.3 is 6.18 Å². The Hall–Kier alpha value is -1.76. The topological polar surface area (TPSA) is 64.4 Å². The molecule has 0 aliphatic carbocycles. The number of primary amides is 1. The number of halogens is 3. The minimum atomic E-state index is -4.64. The number of ether oxygens (including phenoxy) is 1. The Morgan fingerprint density at radius 1 is 1.40 bits per heavy atom. The molecule has 1 aromatic carbocycles. The van der Waals surface area contributed by atoms with Crippen molar-refractivity contribution in [3.8, 4) is 5.75 Å². The van der Waals surface area contributed by atoms with Crippen LogP contribution in [0.25, 0.3) is 0 Å². The summed E-state index contributed by atoms with van der Waals surface area (Å²) >= 11 is 0. The molecule has 110 valence electrons. The van der Waals surface area contributed by atoms with E-state index in [1.807, 2.05) is 0 Å². The van der Waals surface area contributed by atoms with Crippen molar-refractivity contribution in [2.45, 2.75) is 25.1 Å². The predicted molar refractivity (Wildman–Crippen MR) is 66.5 cm³/mol. The third-order valence-electron chi connectivity index (χ3n) is 3.12. The molecule has 3 N–H and O–H groups in total. The highest BCUT2D eigenvalue weighted by molar-refractivity contribution is 5.94. The highest BCUT2D eigenvalue weighted by Gasteiger charge is 2.35. The second-order valence-electron chi connectivity index (χ2n) is 4.66. The Bertz CT molecular complexity index is 497. The number of carbonyl (C=O) groups is 1. The number of nitrogens with one attached hydrogen (secondary N) is 1. The Kier molecular flexibility index (Phi) is 4.17. The van der Waals surface area contributed by atoms with Crippen LogP contribution < -0.4 is 15.8 Å². The van der Waals surface area contributed by atoms with Crippen molar-refractivity contribution >= 4 is 5.91 Å². The summed E-state index contributed by atoms with van der Waals surface area (Å²) in [7, 11) is 0. The van der Waals surface area contributed by atoms with Gasteiger partial charge < -0.3 is 15.8 Å². The molecule has 1 aliphatic heterocycles. The molecule has 0 unspecified atom stereocenters. The molecule has 2 rings (SSSR count). The first kappa shape index (κ1) is 14.6. The van der Waals surface area contributed by atoms with Crippen LogP contribution in [0.4, 0.5) is 13.2 Å². The van der Waals surface area contributed by atoms with Crippen LogP contribution in [0.3, 0.4) is 0 Å². The van der Waals surface area contributed by atoms with E-state index in [-0.39, 0.29) is 11.9 Å². The normalized spacial score (nSPS) is 19.6. The zero-order chi connectivity index (χ0) is 14.8. The molecule has 1 atom stereocenters. The van der Waals surface area contributed by atoms with E-state index in [1.54, 1.807) is 0 Å². The SMILES string of the molecule is NC(=O)c1ccc(O[C@H]2CCCNC2)cc1C(F)(F)F. The maximum atomic E-state index is 12.9. The van der Waals surface area contributed by atoms with Gasteiger partial charge in [-0.1, -0.05) is 0 Å². The minimum absolute atomic E-state index is 0.0935. The summed E-state index contributed by atoms with van der Waals surface area (Å²) < 4.78 is 44.2. The summed E-state index contributed by atoms with van der Waals surface area (Å²) in [5.41, 5.74) is 3.34. The lowest BCUT2D eigenvalue weighted by molar-refractivity contribution is -0.138. The van der Waals surface area contributed by atoms with Gasteiger partial charge in [-0.05, 0) is 37.6 Å². The Labute approximate surface area is 114 Å². The lowest BCUT2D eigenvalue weighted by Crippen LogP contribution is -2.37. The van der Waals surface area contributed by atoms with Crippen LogP contribution in [-0.4, -0.2) is 25.1 Å². The molecule has 0 aromatic heterocycles. The number of hydrogen-bond acceptors (Lipinski definition) is 3. The van der Waals surface area contributed by atoms with Crippen molar-refractivity contribution in [2.75, 3.05) is 13.1 Å². The fourth-order valence-electron chi connectivity index (χ4n) is 2.16. The first-order valence-electron chi connectivity index (χ1n) is 6.26. The average Bonchev–Trinajstić information content (AvgIpc) is 2.38. The summed E-state index contributed by atoms with van der Waals surface area (Å²) in [4.78, 5) is 11.0. The molecule has 1 saturated heterocycles.